The van der Waals surface area contributed by atoms with E-state index in [0.29, 0.717) is 0 Å². The molecule has 4 heteroatoms. The summed E-state index contributed by atoms with van der Waals surface area (Å²) >= 11 is 0. The van der Waals surface area contributed by atoms with Crippen molar-refractivity contribution in [3.63, 3.8) is 0 Å². The minimum atomic E-state index is 0.968. The first-order valence-corrected chi connectivity index (χ1v) is 17.8. The Morgan fingerprint density at radius 1 is 0.288 bits per heavy atom. The van der Waals surface area contributed by atoms with Crippen molar-refractivity contribution in [2.45, 2.75) is 0 Å². The number of fused-ring (bicyclic) bond motifs is 22. The summed E-state index contributed by atoms with van der Waals surface area (Å²) in [7, 11) is 0. The van der Waals surface area contributed by atoms with Crippen LogP contribution in [0.4, 0.5) is 0 Å². The molecule has 0 spiro atoms. The predicted octanol–water partition coefficient (Wildman–Crippen LogP) is 12.1. The van der Waals surface area contributed by atoms with Gasteiger partial charge in [0.05, 0.1) is 22.1 Å². The number of nitrogens with zero attached hydrogens (tertiary/aromatic N) is 2. The lowest BCUT2D eigenvalue weighted by molar-refractivity contribution is 1.49. The Labute approximate surface area is 294 Å². The molecule has 0 saturated carbocycles. The molecule has 6 aromatic carbocycles. The maximum Gasteiger partial charge on any atom is 0.0743 e. The van der Waals surface area contributed by atoms with Gasteiger partial charge in [0.1, 0.15) is 0 Å². The fourth-order valence-electron chi connectivity index (χ4n) is 9.49. The van der Waals surface area contributed by atoms with E-state index in [4.69, 9.17) is 9.97 Å². The van der Waals surface area contributed by atoms with Gasteiger partial charge in [0, 0.05) is 64.5 Å². The molecular formula is C48H26N4. The van der Waals surface area contributed by atoms with Crippen molar-refractivity contribution in [2.75, 3.05) is 0 Å². The number of aromatic nitrogens is 4. The molecule has 8 bridgehead atoms. The third-order valence-electron chi connectivity index (χ3n) is 11.6. The predicted molar refractivity (Wildman–Crippen MR) is 216 cm³/mol. The summed E-state index contributed by atoms with van der Waals surface area (Å²) < 4.78 is 0. The van der Waals surface area contributed by atoms with Gasteiger partial charge < -0.3 is 9.97 Å². The number of benzene rings is 6. The summed E-state index contributed by atoms with van der Waals surface area (Å²) in [6, 6.07) is 52.9. The Morgan fingerprint density at radius 2 is 0.558 bits per heavy atom. The van der Waals surface area contributed by atoms with Crippen LogP contribution in [0.5, 0.6) is 0 Å². The molecule has 13 rings (SSSR count). The highest BCUT2D eigenvalue weighted by Gasteiger charge is 2.17. The summed E-state index contributed by atoms with van der Waals surface area (Å²) in [4.78, 5) is 18.6. The van der Waals surface area contributed by atoms with E-state index in [0.717, 1.165) is 65.7 Å². The molecule has 0 fully saturated rings. The van der Waals surface area contributed by atoms with E-state index in [1.54, 1.807) is 0 Å². The molecule has 4 nitrogen and oxygen atoms in total. The van der Waals surface area contributed by atoms with Crippen LogP contribution in [0, 0.1) is 20.9 Å². The van der Waals surface area contributed by atoms with Crippen LogP contribution in [-0.4, -0.2) is 19.9 Å². The molecule has 238 valence electrons. The smallest absolute Gasteiger partial charge is 0.0743 e. The number of H-pyrrole nitrogens is 2. The number of hydrogen-bond donors (Lipinski definition) is 2. The molecule has 0 unspecified atom stereocenters. The van der Waals surface area contributed by atoms with Crippen molar-refractivity contribution >= 4 is 109 Å². The average Bonchev–Trinajstić information content (AvgIpc) is 4.01. The highest BCUT2D eigenvalue weighted by molar-refractivity contribution is 6.17. The van der Waals surface area contributed by atoms with E-state index in [1.165, 1.54) is 64.0 Å². The van der Waals surface area contributed by atoms with Gasteiger partial charge in [0.15, 0.2) is 0 Å². The van der Waals surface area contributed by atoms with Gasteiger partial charge >= 0.3 is 0 Å². The van der Waals surface area contributed by atoms with Crippen molar-refractivity contribution in [2.24, 2.45) is 0 Å². The Morgan fingerprint density at radius 3 is 0.846 bits per heavy atom. The highest BCUT2D eigenvalue weighted by Crippen LogP contribution is 2.38. The molecule has 9 aromatic rings. The Hall–Kier alpha value is -7.04. The van der Waals surface area contributed by atoms with Crippen LogP contribution in [0.25, 0.3) is 109 Å². The van der Waals surface area contributed by atoms with Crippen LogP contribution >= 0.6 is 0 Å². The monoisotopic (exact) mass is 658 g/mol. The van der Waals surface area contributed by atoms with Gasteiger partial charge in [-0.05, 0) is 67.4 Å². The van der Waals surface area contributed by atoms with Crippen LogP contribution in [0.3, 0.4) is 0 Å². The zero-order chi connectivity index (χ0) is 33.7. The molecule has 0 amide bonds. The first kappa shape index (κ1) is 26.8. The second-order valence-corrected chi connectivity index (χ2v) is 14.3. The molecule has 52 heavy (non-hydrogen) atoms. The first-order chi connectivity index (χ1) is 25.8. The van der Waals surface area contributed by atoms with Gasteiger partial charge in [-0.2, -0.15) is 0 Å². The van der Waals surface area contributed by atoms with Crippen molar-refractivity contribution < 1.29 is 0 Å². The fraction of sp³-hybridized carbons (Fsp3) is 0. The summed E-state index contributed by atoms with van der Waals surface area (Å²) in [5, 5.41) is 19.5. The van der Waals surface area contributed by atoms with Crippen LogP contribution in [0.2, 0.25) is 0 Å². The van der Waals surface area contributed by atoms with Crippen LogP contribution in [0.15, 0.2) is 146 Å². The number of hydrogen-bond acceptors (Lipinski definition) is 2. The minimum absolute atomic E-state index is 0.968. The lowest BCUT2D eigenvalue weighted by Gasteiger charge is -1.98. The average molecular weight is 659 g/mol. The van der Waals surface area contributed by atoms with Gasteiger partial charge in [0.2, 0.25) is 0 Å². The van der Waals surface area contributed by atoms with Crippen molar-refractivity contribution in [3.05, 3.63) is 166 Å². The normalized spacial score (nSPS) is 12.6. The molecule has 0 saturated heterocycles. The zero-order valence-corrected chi connectivity index (χ0v) is 27.8. The molecule has 4 aliphatic rings. The minimum Gasteiger partial charge on any atom is -0.354 e. The van der Waals surface area contributed by atoms with E-state index in [2.05, 4.69) is 156 Å². The number of rotatable bonds is 0. The van der Waals surface area contributed by atoms with E-state index < -0.39 is 0 Å². The molecule has 2 aliphatic heterocycles. The van der Waals surface area contributed by atoms with Gasteiger partial charge in [-0.25, -0.2) is 9.97 Å². The van der Waals surface area contributed by atoms with Gasteiger partial charge in [0.25, 0.3) is 0 Å². The maximum absolute atomic E-state index is 5.45. The second-order valence-electron chi connectivity index (χ2n) is 14.3. The van der Waals surface area contributed by atoms with E-state index in [9.17, 15) is 0 Å². The molecular weight excluding hydrogens is 633 g/mol. The van der Waals surface area contributed by atoms with E-state index >= 15 is 0 Å². The zero-order valence-electron chi connectivity index (χ0n) is 27.8. The van der Waals surface area contributed by atoms with E-state index in [-0.39, 0.29) is 0 Å². The molecule has 5 heterocycles. The van der Waals surface area contributed by atoms with E-state index in [1.807, 2.05) is 0 Å². The Bertz CT molecular complexity index is 3380. The summed E-state index contributed by atoms with van der Waals surface area (Å²) in [5.41, 5.74) is 8.03. The summed E-state index contributed by atoms with van der Waals surface area (Å²) in [6.45, 7) is 0. The van der Waals surface area contributed by atoms with Crippen LogP contribution < -0.4 is 0 Å². The van der Waals surface area contributed by atoms with Crippen molar-refractivity contribution in [3.8, 4) is 0 Å². The SMILES string of the molecule is c1cc2cccc3c4c5cc6[nH]c(cc7nc(cc8[nH]c(cc(n5)c=4c(c1)c23)c1ccccc81)c1c2cccc3cccc(c7=1)c32)c1ccccc61. The molecule has 2 aliphatic carbocycles. The third kappa shape index (κ3) is 3.32. The molecule has 3 aromatic heterocycles. The number of aromatic amines is 2. The standard InChI is InChI=1S/C48H26N4/c1-2-14-28-27(13-1)35-21-39-45-31-17-5-9-25-10-7-19-33(43(25)31)47(45)41(51-39)23-37-29-15-3-4-16-30(29)38(50-37)24-42-48-34-20-8-12-26-11-6-18-32(44(26)34)46(48)40(52-42)22-36(28)49-35/h1-24,49-50H. The lowest BCUT2D eigenvalue weighted by atomic mass is 10.1. The van der Waals surface area contributed by atoms with Gasteiger partial charge in [-0.3, -0.25) is 0 Å². The quantitative estimate of drug-likeness (QED) is 0.170. The molecule has 0 atom stereocenters. The Kier molecular flexibility index (Phi) is 4.83. The summed E-state index contributed by atoms with van der Waals surface area (Å²) in [6.07, 6.45) is 0. The lowest BCUT2D eigenvalue weighted by Crippen LogP contribution is -1.75. The van der Waals surface area contributed by atoms with Crippen molar-refractivity contribution in [1.82, 2.24) is 19.9 Å². The topological polar surface area (TPSA) is 57.4 Å². The third-order valence-corrected chi connectivity index (χ3v) is 11.6. The maximum atomic E-state index is 5.45. The van der Waals surface area contributed by atoms with Gasteiger partial charge in [-0.1, -0.05) is 121 Å². The van der Waals surface area contributed by atoms with Crippen LogP contribution in [-0.2, 0) is 0 Å². The number of nitrogens with one attached hydrogen (secondary N) is 2. The van der Waals surface area contributed by atoms with Crippen LogP contribution in [0.1, 0.15) is 0 Å². The second kappa shape index (κ2) is 9.39. The van der Waals surface area contributed by atoms with Crippen molar-refractivity contribution in [1.29, 1.82) is 0 Å². The first-order valence-electron chi connectivity index (χ1n) is 17.8. The molecule has 2 N–H and O–H groups in total. The highest BCUT2D eigenvalue weighted by atomic mass is 14.8. The fourth-order valence-corrected chi connectivity index (χ4v) is 9.49. The molecule has 0 radical (unpaired) electrons. The van der Waals surface area contributed by atoms with Gasteiger partial charge in [-0.15, -0.1) is 0 Å². The Balaban J connectivity index is 1.34. The summed E-state index contributed by atoms with van der Waals surface area (Å²) in [5.74, 6) is 0. The largest absolute Gasteiger partial charge is 0.354 e.